The molecule has 0 spiro atoms. The van der Waals surface area contributed by atoms with Crippen molar-refractivity contribution < 1.29 is 4.79 Å². The van der Waals surface area contributed by atoms with Gasteiger partial charge in [0.1, 0.15) is 6.54 Å². The number of anilines is 1. The predicted molar refractivity (Wildman–Crippen MR) is 83.7 cm³/mol. The number of nitrogens with two attached hydrogens (primary N) is 1. The minimum Gasteiger partial charge on any atom is -0.396 e. The first kappa shape index (κ1) is 15.1. The van der Waals surface area contributed by atoms with E-state index in [1.807, 2.05) is 58.2 Å². The zero-order valence-electron chi connectivity index (χ0n) is 13.0. The van der Waals surface area contributed by atoms with Crippen molar-refractivity contribution in [3.05, 3.63) is 47.3 Å². The van der Waals surface area contributed by atoms with E-state index in [0.29, 0.717) is 5.69 Å². The van der Waals surface area contributed by atoms with Gasteiger partial charge in [-0.05, 0) is 26.3 Å². The molecule has 0 aliphatic rings. The SMILES string of the molecule is Cc1nn(CC(=O)N(C)C(C)c2ccccc2)c(C)c1N. The van der Waals surface area contributed by atoms with Crippen LogP contribution in [0.1, 0.15) is 29.9 Å². The number of hydrogen-bond acceptors (Lipinski definition) is 3. The van der Waals surface area contributed by atoms with E-state index in [-0.39, 0.29) is 18.5 Å². The van der Waals surface area contributed by atoms with Gasteiger partial charge in [0.15, 0.2) is 0 Å². The van der Waals surface area contributed by atoms with E-state index in [1.54, 1.807) is 9.58 Å². The number of carbonyl (C=O) groups excluding carboxylic acids is 1. The number of aryl methyl sites for hydroxylation is 1. The zero-order valence-corrected chi connectivity index (χ0v) is 13.0. The fraction of sp³-hybridized carbons (Fsp3) is 0.375. The van der Waals surface area contributed by atoms with Crippen LogP contribution in [0.5, 0.6) is 0 Å². The number of hydrogen-bond donors (Lipinski definition) is 1. The van der Waals surface area contributed by atoms with E-state index in [1.165, 1.54) is 0 Å². The molecule has 1 atom stereocenters. The van der Waals surface area contributed by atoms with Crippen LogP contribution in [0.2, 0.25) is 0 Å². The van der Waals surface area contributed by atoms with Crippen LogP contribution in [0.3, 0.4) is 0 Å². The van der Waals surface area contributed by atoms with Crippen molar-refractivity contribution >= 4 is 11.6 Å². The summed E-state index contributed by atoms with van der Waals surface area (Å²) in [5.74, 6) is 0.0111. The van der Waals surface area contributed by atoms with Gasteiger partial charge in [0.2, 0.25) is 5.91 Å². The van der Waals surface area contributed by atoms with E-state index in [4.69, 9.17) is 5.73 Å². The van der Waals surface area contributed by atoms with Crippen LogP contribution in [0.15, 0.2) is 30.3 Å². The van der Waals surface area contributed by atoms with Crippen LogP contribution >= 0.6 is 0 Å². The van der Waals surface area contributed by atoms with Crippen LogP contribution in [0, 0.1) is 13.8 Å². The highest BCUT2D eigenvalue weighted by Crippen LogP contribution is 2.19. The lowest BCUT2D eigenvalue weighted by atomic mass is 10.1. The first-order valence-electron chi connectivity index (χ1n) is 7.02. The summed E-state index contributed by atoms with van der Waals surface area (Å²) in [5, 5.41) is 4.31. The number of nitrogen functional groups attached to an aromatic ring is 1. The molecule has 0 aliphatic carbocycles. The standard InChI is InChI=1S/C16H22N4O/c1-11-16(17)13(3)20(18-11)10-15(21)19(4)12(2)14-8-6-5-7-9-14/h5-9,12H,10,17H2,1-4H3. The van der Waals surface area contributed by atoms with Gasteiger partial charge in [-0.15, -0.1) is 0 Å². The molecule has 1 aromatic heterocycles. The smallest absolute Gasteiger partial charge is 0.244 e. The van der Waals surface area contributed by atoms with Crippen LogP contribution in [0.25, 0.3) is 0 Å². The monoisotopic (exact) mass is 286 g/mol. The number of likely N-dealkylation sites (N-methyl/N-ethyl adjacent to an activating group) is 1. The number of nitrogens with zero attached hydrogens (tertiary/aromatic N) is 3. The van der Waals surface area contributed by atoms with Crippen LogP contribution in [0.4, 0.5) is 5.69 Å². The lowest BCUT2D eigenvalue weighted by Gasteiger charge is -2.25. The van der Waals surface area contributed by atoms with Crippen LogP contribution in [-0.4, -0.2) is 27.6 Å². The van der Waals surface area contributed by atoms with Crippen molar-refractivity contribution in [2.45, 2.75) is 33.4 Å². The number of benzene rings is 1. The first-order chi connectivity index (χ1) is 9.91. The van der Waals surface area contributed by atoms with Crippen LogP contribution < -0.4 is 5.73 Å². The maximum atomic E-state index is 12.4. The number of amides is 1. The van der Waals surface area contributed by atoms with Gasteiger partial charge in [0.25, 0.3) is 0 Å². The molecule has 1 heterocycles. The Kier molecular flexibility index (Phi) is 4.31. The topological polar surface area (TPSA) is 64.2 Å². The minimum absolute atomic E-state index is 0.0111. The summed E-state index contributed by atoms with van der Waals surface area (Å²) < 4.78 is 1.67. The lowest BCUT2D eigenvalue weighted by Crippen LogP contribution is -2.33. The normalized spacial score (nSPS) is 12.2. The zero-order chi connectivity index (χ0) is 15.6. The maximum Gasteiger partial charge on any atom is 0.244 e. The Labute approximate surface area is 125 Å². The van der Waals surface area contributed by atoms with E-state index in [2.05, 4.69) is 5.10 Å². The van der Waals surface area contributed by atoms with E-state index >= 15 is 0 Å². The molecule has 2 N–H and O–H groups in total. The molecule has 0 aliphatic heterocycles. The summed E-state index contributed by atoms with van der Waals surface area (Å²) in [6.07, 6.45) is 0. The molecule has 5 nitrogen and oxygen atoms in total. The molecule has 0 fully saturated rings. The summed E-state index contributed by atoms with van der Waals surface area (Å²) in [4.78, 5) is 14.2. The third-order valence-corrected chi connectivity index (χ3v) is 3.98. The summed E-state index contributed by atoms with van der Waals surface area (Å²) in [6, 6.07) is 9.99. The molecule has 0 saturated carbocycles. The number of rotatable bonds is 4. The number of carbonyl (C=O) groups is 1. The molecule has 5 heteroatoms. The molecule has 0 bridgehead atoms. The summed E-state index contributed by atoms with van der Waals surface area (Å²) >= 11 is 0. The maximum absolute atomic E-state index is 12.4. The number of aromatic nitrogens is 2. The van der Waals surface area contributed by atoms with Crippen LogP contribution in [-0.2, 0) is 11.3 Å². The van der Waals surface area contributed by atoms with Gasteiger partial charge >= 0.3 is 0 Å². The predicted octanol–water partition coefficient (Wildman–Crippen LogP) is 2.30. The van der Waals surface area contributed by atoms with Gasteiger partial charge in [-0.3, -0.25) is 9.48 Å². The Balaban J connectivity index is 2.11. The van der Waals surface area contributed by atoms with Gasteiger partial charge in [-0.1, -0.05) is 30.3 Å². The quantitative estimate of drug-likeness (QED) is 0.938. The summed E-state index contributed by atoms with van der Waals surface area (Å²) in [7, 11) is 1.81. The molecule has 21 heavy (non-hydrogen) atoms. The molecule has 1 unspecified atom stereocenters. The second kappa shape index (κ2) is 5.99. The molecular weight excluding hydrogens is 264 g/mol. The fourth-order valence-electron chi connectivity index (χ4n) is 2.28. The molecule has 1 amide bonds. The van der Waals surface area contributed by atoms with Crippen molar-refractivity contribution in [1.29, 1.82) is 0 Å². The van der Waals surface area contributed by atoms with Crippen molar-refractivity contribution in [1.82, 2.24) is 14.7 Å². The van der Waals surface area contributed by atoms with Crippen molar-refractivity contribution in [2.75, 3.05) is 12.8 Å². The van der Waals surface area contributed by atoms with Gasteiger partial charge < -0.3 is 10.6 Å². The largest absolute Gasteiger partial charge is 0.396 e. The molecule has 2 rings (SSSR count). The average Bonchev–Trinajstić information content (AvgIpc) is 2.74. The Hall–Kier alpha value is -2.30. The fourth-order valence-corrected chi connectivity index (χ4v) is 2.28. The van der Waals surface area contributed by atoms with Gasteiger partial charge in [-0.2, -0.15) is 5.10 Å². The van der Waals surface area contributed by atoms with E-state index in [0.717, 1.165) is 17.0 Å². The van der Waals surface area contributed by atoms with Gasteiger partial charge in [0.05, 0.1) is 23.1 Å². The molecule has 112 valence electrons. The highest BCUT2D eigenvalue weighted by Gasteiger charge is 2.19. The first-order valence-corrected chi connectivity index (χ1v) is 7.02. The second-order valence-corrected chi connectivity index (χ2v) is 5.33. The van der Waals surface area contributed by atoms with Gasteiger partial charge in [-0.25, -0.2) is 0 Å². The van der Waals surface area contributed by atoms with Crippen molar-refractivity contribution in [3.8, 4) is 0 Å². The Morgan fingerprint density at radius 2 is 1.95 bits per heavy atom. The summed E-state index contributed by atoms with van der Waals surface area (Å²) in [6.45, 7) is 5.95. The van der Waals surface area contributed by atoms with Crippen molar-refractivity contribution in [3.63, 3.8) is 0 Å². The minimum atomic E-state index is 0.0111. The molecule has 1 aromatic carbocycles. The second-order valence-electron chi connectivity index (χ2n) is 5.33. The Bertz CT molecular complexity index is 633. The molecule has 2 aromatic rings. The average molecular weight is 286 g/mol. The molecular formula is C16H22N4O. The highest BCUT2D eigenvalue weighted by molar-refractivity contribution is 5.76. The van der Waals surface area contributed by atoms with E-state index in [9.17, 15) is 4.79 Å². The summed E-state index contributed by atoms with van der Waals surface area (Å²) in [5.41, 5.74) is 9.26. The Morgan fingerprint density at radius 3 is 2.48 bits per heavy atom. The molecule has 0 radical (unpaired) electrons. The third kappa shape index (κ3) is 3.07. The van der Waals surface area contributed by atoms with Gasteiger partial charge in [0, 0.05) is 7.05 Å². The Morgan fingerprint density at radius 1 is 1.33 bits per heavy atom. The van der Waals surface area contributed by atoms with Crippen molar-refractivity contribution in [2.24, 2.45) is 0 Å². The molecule has 0 saturated heterocycles. The van der Waals surface area contributed by atoms with E-state index < -0.39 is 0 Å². The lowest BCUT2D eigenvalue weighted by molar-refractivity contribution is -0.132. The highest BCUT2D eigenvalue weighted by atomic mass is 16.2. The third-order valence-electron chi connectivity index (χ3n) is 3.98.